The molecule has 29 heavy (non-hydrogen) atoms. The van der Waals surface area contributed by atoms with Gasteiger partial charge >= 0.3 is 0 Å². The molecular weight excluding hydrogens is 366 g/mol. The lowest BCUT2D eigenvalue weighted by atomic mass is 10.1. The fourth-order valence-corrected chi connectivity index (χ4v) is 3.03. The monoisotopic (exact) mass is 385 g/mol. The van der Waals surface area contributed by atoms with Crippen LogP contribution in [-0.4, -0.2) is 21.7 Å². The SMILES string of the molecule is N=C(N)c1ccc2oc(CCc3ccc(C(=O)Nc4cnccn4)cc3)cc2c1. The molecule has 2 aromatic carbocycles. The summed E-state index contributed by atoms with van der Waals surface area (Å²) in [6.45, 7) is 0. The van der Waals surface area contributed by atoms with Crippen molar-refractivity contribution in [2.75, 3.05) is 5.32 Å². The maximum Gasteiger partial charge on any atom is 0.256 e. The van der Waals surface area contributed by atoms with E-state index in [1.54, 1.807) is 24.4 Å². The topological polar surface area (TPSA) is 118 Å². The minimum Gasteiger partial charge on any atom is -0.461 e. The number of nitrogens with zero attached hydrogens (tertiary/aromatic N) is 2. The van der Waals surface area contributed by atoms with Crippen LogP contribution in [0.4, 0.5) is 5.82 Å². The Hall–Kier alpha value is -4.00. The van der Waals surface area contributed by atoms with E-state index in [1.807, 2.05) is 30.3 Å². The summed E-state index contributed by atoms with van der Waals surface area (Å²) in [6, 6.07) is 14.9. The number of nitrogen functional groups attached to an aromatic ring is 1. The molecule has 0 atom stereocenters. The third kappa shape index (κ3) is 4.30. The van der Waals surface area contributed by atoms with Gasteiger partial charge < -0.3 is 15.5 Å². The quantitative estimate of drug-likeness (QED) is 0.346. The highest BCUT2D eigenvalue weighted by atomic mass is 16.3. The van der Waals surface area contributed by atoms with E-state index in [0.717, 1.165) is 35.1 Å². The number of anilines is 1. The first-order valence-electron chi connectivity index (χ1n) is 9.12. The first kappa shape index (κ1) is 18.4. The molecule has 0 spiro atoms. The van der Waals surface area contributed by atoms with E-state index in [1.165, 1.54) is 12.4 Å². The Morgan fingerprint density at radius 3 is 2.55 bits per heavy atom. The fraction of sp³-hybridized carbons (Fsp3) is 0.0909. The van der Waals surface area contributed by atoms with Crippen LogP contribution in [0.1, 0.15) is 27.2 Å². The summed E-state index contributed by atoms with van der Waals surface area (Å²) >= 11 is 0. The van der Waals surface area contributed by atoms with Crippen LogP contribution < -0.4 is 11.1 Å². The lowest BCUT2D eigenvalue weighted by Gasteiger charge is -2.05. The van der Waals surface area contributed by atoms with Crippen molar-refractivity contribution >= 4 is 28.5 Å². The molecule has 0 bridgehead atoms. The van der Waals surface area contributed by atoms with Gasteiger partial charge in [0.1, 0.15) is 17.2 Å². The number of benzene rings is 2. The summed E-state index contributed by atoms with van der Waals surface area (Å²) in [5.74, 6) is 1.10. The molecule has 4 rings (SSSR count). The average molecular weight is 385 g/mol. The Kier molecular flexibility index (Phi) is 5.03. The number of amidine groups is 1. The number of amides is 1. The van der Waals surface area contributed by atoms with Gasteiger partial charge in [0.05, 0.1) is 6.20 Å². The molecule has 0 aliphatic carbocycles. The van der Waals surface area contributed by atoms with E-state index in [0.29, 0.717) is 16.9 Å². The normalized spacial score (nSPS) is 10.8. The zero-order valence-corrected chi connectivity index (χ0v) is 15.6. The van der Waals surface area contributed by atoms with Crippen LogP contribution in [0.5, 0.6) is 0 Å². The first-order valence-corrected chi connectivity index (χ1v) is 9.12. The third-order valence-corrected chi connectivity index (χ3v) is 4.56. The molecule has 1 amide bonds. The number of fused-ring (bicyclic) bond motifs is 1. The third-order valence-electron chi connectivity index (χ3n) is 4.56. The molecule has 0 saturated heterocycles. The number of hydrogen-bond donors (Lipinski definition) is 3. The Balaban J connectivity index is 1.39. The lowest BCUT2D eigenvalue weighted by Crippen LogP contribution is -2.13. The number of nitrogens with one attached hydrogen (secondary N) is 2. The van der Waals surface area contributed by atoms with Crippen molar-refractivity contribution in [3.05, 3.63) is 89.6 Å². The molecule has 2 heterocycles. The second-order valence-electron chi connectivity index (χ2n) is 6.62. The Morgan fingerprint density at radius 2 is 1.83 bits per heavy atom. The van der Waals surface area contributed by atoms with E-state index in [9.17, 15) is 4.79 Å². The molecule has 2 aromatic heterocycles. The van der Waals surface area contributed by atoms with E-state index in [4.69, 9.17) is 15.6 Å². The summed E-state index contributed by atoms with van der Waals surface area (Å²) in [4.78, 5) is 20.2. The molecular formula is C22H19N5O2. The van der Waals surface area contributed by atoms with Crippen LogP contribution >= 0.6 is 0 Å². The van der Waals surface area contributed by atoms with E-state index < -0.39 is 0 Å². The summed E-state index contributed by atoms with van der Waals surface area (Å²) in [5, 5.41) is 11.2. The molecule has 0 fully saturated rings. The first-order chi connectivity index (χ1) is 14.1. The molecule has 0 saturated carbocycles. The largest absolute Gasteiger partial charge is 0.461 e. The molecule has 0 aliphatic rings. The van der Waals surface area contributed by atoms with Crippen molar-refractivity contribution in [3.63, 3.8) is 0 Å². The fourth-order valence-electron chi connectivity index (χ4n) is 3.03. The van der Waals surface area contributed by atoms with E-state index in [2.05, 4.69) is 15.3 Å². The maximum atomic E-state index is 12.3. The minimum absolute atomic E-state index is 0.0399. The predicted molar refractivity (Wildman–Crippen MR) is 111 cm³/mol. The molecule has 4 aromatic rings. The van der Waals surface area contributed by atoms with Crippen LogP contribution in [0.2, 0.25) is 0 Å². The molecule has 0 radical (unpaired) electrons. The van der Waals surface area contributed by atoms with Crippen molar-refractivity contribution in [2.45, 2.75) is 12.8 Å². The van der Waals surface area contributed by atoms with Gasteiger partial charge in [-0.3, -0.25) is 15.2 Å². The summed E-state index contributed by atoms with van der Waals surface area (Å²) in [6.07, 6.45) is 6.09. The van der Waals surface area contributed by atoms with Gasteiger partial charge in [-0.2, -0.15) is 0 Å². The number of hydrogen-bond acceptors (Lipinski definition) is 5. The van der Waals surface area contributed by atoms with Crippen LogP contribution in [0, 0.1) is 5.41 Å². The van der Waals surface area contributed by atoms with Crippen LogP contribution in [0.15, 0.2) is 71.5 Å². The van der Waals surface area contributed by atoms with Gasteiger partial charge in [-0.05, 0) is 48.4 Å². The predicted octanol–water partition coefficient (Wildman–Crippen LogP) is 3.54. The van der Waals surface area contributed by atoms with Crippen molar-refractivity contribution in [1.82, 2.24) is 9.97 Å². The second kappa shape index (κ2) is 7.93. The summed E-state index contributed by atoms with van der Waals surface area (Å²) < 4.78 is 5.86. The summed E-state index contributed by atoms with van der Waals surface area (Å²) in [7, 11) is 0. The molecule has 0 aliphatic heterocycles. The van der Waals surface area contributed by atoms with Gasteiger partial charge in [0.15, 0.2) is 5.82 Å². The standard InChI is InChI=1S/C22H19N5O2/c23-21(24)16-6-8-19-17(11-16)12-18(29-19)7-3-14-1-4-15(5-2-14)22(28)27-20-13-25-9-10-26-20/h1-2,4-6,8-13H,3,7H2,(H3,23,24)(H,26,27,28). The van der Waals surface area contributed by atoms with Crippen molar-refractivity contribution in [3.8, 4) is 0 Å². The lowest BCUT2D eigenvalue weighted by molar-refractivity contribution is 0.102. The average Bonchev–Trinajstić information content (AvgIpc) is 3.15. The van der Waals surface area contributed by atoms with Crippen LogP contribution in [0.3, 0.4) is 0 Å². The van der Waals surface area contributed by atoms with Gasteiger partial charge in [-0.1, -0.05) is 12.1 Å². The Bertz CT molecular complexity index is 1170. The Labute approximate surface area is 167 Å². The summed E-state index contributed by atoms with van der Waals surface area (Å²) in [5.41, 5.74) is 8.66. The highest BCUT2D eigenvalue weighted by molar-refractivity contribution is 6.03. The molecule has 144 valence electrons. The van der Waals surface area contributed by atoms with Crippen molar-refractivity contribution < 1.29 is 9.21 Å². The number of furan rings is 1. The number of aryl methyl sites for hydroxylation is 2. The van der Waals surface area contributed by atoms with E-state index >= 15 is 0 Å². The number of carbonyl (C=O) groups is 1. The highest BCUT2D eigenvalue weighted by Crippen LogP contribution is 2.22. The highest BCUT2D eigenvalue weighted by Gasteiger charge is 2.09. The van der Waals surface area contributed by atoms with Crippen LogP contribution in [0.25, 0.3) is 11.0 Å². The number of nitrogens with two attached hydrogens (primary N) is 1. The minimum atomic E-state index is -0.226. The zero-order valence-electron chi connectivity index (χ0n) is 15.6. The maximum absolute atomic E-state index is 12.3. The molecule has 0 unspecified atom stereocenters. The van der Waals surface area contributed by atoms with Gasteiger partial charge in [-0.15, -0.1) is 0 Å². The van der Waals surface area contributed by atoms with Gasteiger partial charge in [0.25, 0.3) is 5.91 Å². The van der Waals surface area contributed by atoms with Gasteiger partial charge in [0, 0.05) is 35.3 Å². The smallest absolute Gasteiger partial charge is 0.256 e. The number of aromatic nitrogens is 2. The zero-order chi connectivity index (χ0) is 20.2. The molecule has 7 nitrogen and oxygen atoms in total. The van der Waals surface area contributed by atoms with E-state index in [-0.39, 0.29) is 11.7 Å². The van der Waals surface area contributed by atoms with Crippen molar-refractivity contribution in [2.24, 2.45) is 5.73 Å². The van der Waals surface area contributed by atoms with Gasteiger partial charge in [0.2, 0.25) is 0 Å². The van der Waals surface area contributed by atoms with Crippen molar-refractivity contribution in [1.29, 1.82) is 5.41 Å². The Morgan fingerprint density at radius 1 is 1.03 bits per heavy atom. The number of rotatable bonds is 6. The molecule has 7 heteroatoms. The van der Waals surface area contributed by atoms with Crippen LogP contribution in [-0.2, 0) is 12.8 Å². The van der Waals surface area contributed by atoms with Gasteiger partial charge in [-0.25, -0.2) is 4.98 Å². The second-order valence-corrected chi connectivity index (χ2v) is 6.62. The number of carbonyl (C=O) groups excluding carboxylic acids is 1. The molecule has 4 N–H and O–H groups in total.